The molecule has 2 aliphatic rings. The highest BCUT2D eigenvalue weighted by Crippen LogP contribution is 2.41. The Labute approximate surface area is 113 Å². The second-order valence-electron chi connectivity index (χ2n) is 5.59. The van der Waals surface area contributed by atoms with Crippen molar-refractivity contribution in [3.05, 3.63) is 0 Å². The first kappa shape index (κ1) is 13.7. The van der Waals surface area contributed by atoms with Crippen LogP contribution in [0.15, 0.2) is 0 Å². The molecule has 0 bridgehead atoms. The number of rotatable bonds is 3. The Balaban J connectivity index is 1.99. The number of carbonyl (C=O) groups is 1. The molecule has 5 heteroatoms. The van der Waals surface area contributed by atoms with E-state index in [4.69, 9.17) is 18.0 Å². The lowest BCUT2D eigenvalue weighted by Gasteiger charge is -2.40. The van der Waals surface area contributed by atoms with Crippen LogP contribution in [0.3, 0.4) is 0 Å². The van der Waals surface area contributed by atoms with E-state index in [0.29, 0.717) is 4.99 Å². The second-order valence-corrected chi connectivity index (χ2v) is 6.03. The van der Waals surface area contributed by atoms with Crippen LogP contribution < -0.4 is 11.1 Å². The number of nitrogens with two attached hydrogens (primary N) is 1. The monoisotopic (exact) mass is 270 g/mol. The lowest BCUT2D eigenvalue weighted by atomic mass is 9.68. The number of hydrogen-bond donors (Lipinski definition) is 3. The summed E-state index contributed by atoms with van der Waals surface area (Å²) in [5.41, 5.74) is 5.07. The molecule has 2 unspecified atom stereocenters. The van der Waals surface area contributed by atoms with E-state index in [0.717, 1.165) is 51.4 Å². The molecular weight excluding hydrogens is 248 g/mol. The standard InChI is InChI=1S/C13H22N2O2S/c14-11(18)13(7-4-8-13)12(17)15-9-5-2-1-3-6-10(9)16/h9-10,16H,1-8H2,(H2,14,18)(H,15,17). The highest BCUT2D eigenvalue weighted by Gasteiger charge is 2.47. The molecule has 102 valence electrons. The maximum atomic E-state index is 12.3. The van der Waals surface area contributed by atoms with Gasteiger partial charge in [-0.2, -0.15) is 0 Å². The van der Waals surface area contributed by atoms with Gasteiger partial charge in [-0.15, -0.1) is 0 Å². The third-order valence-corrected chi connectivity index (χ3v) is 4.80. The Bertz CT molecular complexity index is 342. The summed E-state index contributed by atoms with van der Waals surface area (Å²) in [5.74, 6) is -0.0767. The summed E-state index contributed by atoms with van der Waals surface area (Å²) < 4.78 is 0. The molecule has 0 aliphatic heterocycles. The summed E-state index contributed by atoms with van der Waals surface area (Å²) >= 11 is 5.04. The predicted octanol–water partition coefficient (Wildman–Crippen LogP) is 1.25. The van der Waals surface area contributed by atoms with E-state index < -0.39 is 11.5 Å². The Morgan fingerprint density at radius 3 is 2.44 bits per heavy atom. The fourth-order valence-electron chi connectivity index (χ4n) is 2.88. The molecule has 2 saturated carbocycles. The third-order valence-electron chi connectivity index (χ3n) is 4.41. The van der Waals surface area contributed by atoms with Crippen molar-refractivity contribution in [3.8, 4) is 0 Å². The van der Waals surface area contributed by atoms with Gasteiger partial charge < -0.3 is 16.2 Å². The minimum absolute atomic E-state index is 0.0767. The minimum atomic E-state index is -0.638. The van der Waals surface area contributed by atoms with Crippen LogP contribution in [0.4, 0.5) is 0 Å². The first-order valence-electron chi connectivity index (χ1n) is 6.85. The van der Waals surface area contributed by atoms with Crippen molar-refractivity contribution in [2.24, 2.45) is 11.1 Å². The average molecular weight is 270 g/mol. The number of hydrogen-bond acceptors (Lipinski definition) is 3. The third kappa shape index (κ3) is 2.52. The summed E-state index contributed by atoms with van der Waals surface area (Å²) in [6.45, 7) is 0. The summed E-state index contributed by atoms with van der Waals surface area (Å²) in [4.78, 5) is 12.6. The van der Waals surface area contributed by atoms with Crippen molar-refractivity contribution in [1.29, 1.82) is 0 Å². The highest BCUT2D eigenvalue weighted by atomic mass is 32.1. The Morgan fingerprint density at radius 1 is 1.22 bits per heavy atom. The number of aliphatic hydroxyl groups is 1. The minimum Gasteiger partial charge on any atom is -0.392 e. The van der Waals surface area contributed by atoms with Gasteiger partial charge in [0, 0.05) is 0 Å². The Kier molecular flexibility index (Phi) is 4.22. The quantitative estimate of drug-likeness (QED) is 0.533. The van der Waals surface area contributed by atoms with Gasteiger partial charge in [-0.1, -0.05) is 37.9 Å². The van der Waals surface area contributed by atoms with Crippen LogP contribution in [-0.4, -0.2) is 28.1 Å². The van der Waals surface area contributed by atoms with E-state index in [1.807, 2.05) is 0 Å². The van der Waals surface area contributed by atoms with E-state index in [1.54, 1.807) is 0 Å². The number of amides is 1. The van der Waals surface area contributed by atoms with Crippen molar-refractivity contribution in [2.45, 2.75) is 63.5 Å². The van der Waals surface area contributed by atoms with Crippen LogP contribution in [-0.2, 0) is 4.79 Å². The zero-order chi connectivity index (χ0) is 13.2. The molecule has 0 saturated heterocycles. The molecule has 4 N–H and O–H groups in total. The Morgan fingerprint density at radius 2 is 1.89 bits per heavy atom. The zero-order valence-corrected chi connectivity index (χ0v) is 11.5. The molecule has 0 aromatic rings. The fraction of sp³-hybridized carbons (Fsp3) is 0.846. The van der Waals surface area contributed by atoms with Crippen LogP contribution in [0, 0.1) is 5.41 Å². The topological polar surface area (TPSA) is 75.4 Å². The summed E-state index contributed by atoms with van der Waals surface area (Å²) in [5, 5.41) is 13.0. The lowest BCUT2D eigenvalue weighted by Crippen LogP contribution is -2.56. The summed E-state index contributed by atoms with van der Waals surface area (Å²) in [7, 11) is 0. The average Bonchev–Trinajstić information content (AvgIpc) is 2.42. The van der Waals surface area contributed by atoms with Gasteiger partial charge in [0.15, 0.2) is 0 Å². The van der Waals surface area contributed by atoms with E-state index in [9.17, 15) is 9.90 Å². The lowest BCUT2D eigenvalue weighted by molar-refractivity contribution is -0.132. The Hall–Kier alpha value is -0.680. The molecule has 2 atom stereocenters. The van der Waals surface area contributed by atoms with E-state index in [2.05, 4.69) is 5.32 Å². The maximum Gasteiger partial charge on any atom is 0.233 e. The smallest absolute Gasteiger partial charge is 0.233 e. The first-order chi connectivity index (χ1) is 8.56. The van der Waals surface area contributed by atoms with Crippen molar-refractivity contribution in [1.82, 2.24) is 5.32 Å². The van der Waals surface area contributed by atoms with Crippen LogP contribution in [0.1, 0.15) is 51.4 Å². The second kappa shape index (κ2) is 5.53. The van der Waals surface area contributed by atoms with Crippen LogP contribution in [0.2, 0.25) is 0 Å². The molecule has 0 heterocycles. The summed E-state index contributed by atoms with van der Waals surface area (Å²) in [6.07, 6.45) is 6.90. The van der Waals surface area contributed by atoms with Gasteiger partial charge in [-0.25, -0.2) is 0 Å². The largest absolute Gasteiger partial charge is 0.392 e. The van der Waals surface area contributed by atoms with Crippen LogP contribution in [0.5, 0.6) is 0 Å². The van der Waals surface area contributed by atoms with Crippen LogP contribution >= 0.6 is 12.2 Å². The van der Waals surface area contributed by atoms with E-state index in [-0.39, 0.29) is 11.9 Å². The van der Waals surface area contributed by atoms with E-state index in [1.165, 1.54) is 0 Å². The molecule has 0 aromatic carbocycles. The maximum absolute atomic E-state index is 12.3. The molecule has 2 aliphatic carbocycles. The molecule has 0 aromatic heterocycles. The number of thiocarbonyl (C=S) groups is 1. The molecule has 0 radical (unpaired) electrons. The SMILES string of the molecule is NC(=S)C1(C(=O)NC2CCCCCC2O)CCC1. The van der Waals surface area contributed by atoms with Crippen LogP contribution in [0.25, 0.3) is 0 Å². The number of carbonyl (C=O) groups excluding carboxylic acids is 1. The van der Waals surface area contributed by atoms with Crippen molar-refractivity contribution in [3.63, 3.8) is 0 Å². The molecule has 1 amide bonds. The fourth-order valence-corrected chi connectivity index (χ4v) is 3.18. The molecule has 0 spiro atoms. The van der Waals surface area contributed by atoms with Gasteiger partial charge in [0.1, 0.15) is 0 Å². The van der Waals surface area contributed by atoms with E-state index >= 15 is 0 Å². The van der Waals surface area contributed by atoms with Gasteiger partial charge in [0.05, 0.1) is 22.5 Å². The first-order valence-corrected chi connectivity index (χ1v) is 7.26. The molecule has 2 rings (SSSR count). The van der Waals surface area contributed by atoms with Gasteiger partial charge >= 0.3 is 0 Å². The van der Waals surface area contributed by atoms with Crippen molar-refractivity contribution in [2.75, 3.05) is 0 Å². The van der Waals surface area contributed by atoms with Gasteiger partial charge in [0.25, 0.3) is 0 Å². The van der Waals surface area contributed by atoms with Gasteiger partial charge in [0.2, 0.25) is 5.91 Å². The van der Waals surface area contributed by atoms with Crippen molar-refractivity contribution >= 4 is 23.1 Å². The molecule has 2 fully saturated rings. The summed E-state index contributed by atoms with van der Waals surface area (Å²) in [6, 6.07) is -0.133. The van der Waals surface area contributed by atoms with Gasteiger partial charge in [-0.05, 0) is 25.7 Å². The molecule has 18 heavy (non-hydrogen) atoms. The number of nitrogens with one attached hydrogen (secondary N) is 1. The number of aliphatic hydroxyl groups excluding tert-OH is 1. The molecule has 4 nitrogen and oxygen atoms in total. The molecular formula is C13H22N2O2S. The highest BCUT2D eigenvalue weighted by molar-refractivity contribution is 7.80. The van der Waals surface area contributed by atoms with Crippen molar-refractivity contribution < 1.29 is 9.90 Å². The van der Waals surface area contributed by atoms with Gasteiger partial charge in [-0.3, -0.25) is 4.79 Å². The predicted molar refractivity (Wildman–Crippen MR) is 74.1 cm³/mol. The zero-order valence-electron chi connectivity index (χ0n) is 10.7. The normalized spacial score (nSPS) is 30.9.